The minimum Gasteiger partial charge on any atom is -0.142 e. The molecule has 16 heavy (non-hydrogen) atoms. The van der Waals surface area contributed by atoms with Crippen LogP contribution in [0.5, 0.6) is 0 Å². The Labute approximate surface area is 104 Å². The molecule has 0 N–H and O–H groups in total. The van der Waals surface area contributed by atoms with E-state index < -0.39 is 0 Å². The van der Waals surface area contributed by atoms with Crippen LogP contribution in [0.25, 0.3) is 10.6 Å². The molecule has 2 rings (SSSR count). The van der Waals surface area contributed by atoms with Crippen molar-refractivity contribution in [1.82, 2.24) is 10.2 Å². The second kappa shape index (κ2) is 4.52. The molecule has 0 aliphatic heterocycles. The Bertz CT molecular complexity index is 505. The standard InChI is InChI=1S/C12H13ClN2S/c1-7-5-4-6-10(8(7)2)12-15-14-11(16-12)9(3)13/h4-6,9H,1-3H3. The topological polar surface area (TPSA) is 25.8 Å². The van der Waals surface area contributed by atoms with Gasteiger partial charge in [-0.1, -0.05) is 29.5 Å². The normalized spacial score (nSPS) is 12.8. The molecule has 1 unspecified atom stereocenters. The van der Waals surface area contributed by atoms with Gasteiger partial charge in [0, 0.05) is 5.56 Å². The minimum atomic E-state index is -0.0728. The summed E-state index contributed by atoms with van der Waals surface area (Å²) >= 11 is 7.55. The van der Waals surface area contributed by atoms with Gasteiger partial charge in [-0.05, 0) is 31.9 Å². The summed E-state index contributed by atoms with van der Waals surface area (Å²) in [7, 11) is 0. The number of halogens is 1. The lowest BCUT2D eigenvalue weighted by molar-refractivity contribution is 0.962. The van der Waals surface area contributed by atoms with Gasteiger partial charge in [0.1, 0.15) is 10.0 Å². The Hall–Kier alpha value is -0.930. The van der Waals surface area contributed by atoms with Crippen LogP contribution in [0, 0.1) is 13.8 Å². The van der Waals surface area contributed by atoms with E-state index in [4.69, 9.17) is 11.6 Å². The predicted molar refractivity (Wildman–Crippen MR) is 69.1 cm³/mol. The van der Waals surface area contributed by atoms with Crippen molar-refractivity contribution < 1.29 is 0 Å². The van der Waals surface area contributed by atoms with Crippen LogP contribution in [0.15, 0.2) is 18.2 Å². The van der Waals surface area contributed by atoms with Gasteiger partial charge in [0.25, 0.3) is 0 Å². The molecule has 84 valence electrons. The molecule has 0 aliphatic rings. The second-order valence-corrected chi connectivity index (χ2v) is 5.47. The van der Waals surface area contributed by atoms with E-state index in [1.165, 1.54) is 11.1 Å². The third kappa shape index (κ3) is 2.11. The van der Waals surface area contributed by atoms with Crippen LogP contribution in [0.2, 0.25) is 0 Å². The molecule has 1 aromatic heterocycles. The van der Waals surface area contributed by atoms with E-state index in [1.807, 2.05) is 13.0 Å². The molecule has 4 heteroatoms. The van der Waals surface area contributed by atoms with Crippen molar-refractivity contribution in [2.24, 2.45) is 0 Å². The zero-order chi connectivity index (χ0) is 11.7. The predicted octanol–water partition coefficient (Wildman–Crippen LogP) is 4.12. The van der Waals surface area contributed by atoms with Crippen LogP contribution in [0.1, 0.15) is 28.4 Å². The maximum Gasteiger partial charge on any atom is 0.148 e. The highest BCUT2D eigenvalue weighted by atomic mass is 35.5. The van der Waals surface area contributed by atoms with Gasteiger partial charge in [0.2, 0.25) is 0 Å². The fourth-order valence-corrected chi connectivity index (χ4v) is 2.52. The number of rotatable bonds is 2. The van der Waals surface area contributed by atoms with Crippen molar-refractivity contribution in [3.8, 4) is 10.6 Å². The largest absolute Gasteiger partial charge is 0.148 e. The summed E-state index contributed by atoms with van der Waals surface area (Å²) in [6, 6.07) is 6.22. The summed E-state index contributed by atoms with van der Waals surface area (Å²) in [5.74, 6) is 0. The molecular formula is C12H13ClN2S. The Morgan fingerprint density at radius 3 is 2.62 bits per heavy atom. The zero-order valence-corrected chi connectivity index (χ0v) is 11.1. The average molecular weight is 253 g/mol. The molecule has 0 spiro atoms. The first-order valence-electron chi connectivity index (χ1n) is 5.13. The molecule has 0 aliphatic carbocycles. The average Bonchev–Trinajstić information content (AvgIpc) is 2.71. The Morgan fingerprint density at radius 2 is 2.00 bits per heavy atom. The van der Waals surface area contributed by atoms with Gasteiger partial charge in [-0.15, -0.1) is 21.8 Å². The molecule has 2 nitrogen and oxygen atoms in total. The lowest BCUT2D eigenvalue weighted by atomic mass is 10.0. The first kappa shape index (κ1) is 11.6. The highest BCUT2D eigenvalue weighted by Crippen LogP contribution is 2.31. The van der Waals surface area contributed by atoms with Gasteiger partial charge in [-0.25, -0.2) is 0 Å². The maximum absolute atomic E-state index is 5.98. The highest BCUT2D eigenvalue weighted by molar-refractivity contribution is 7.15. The number of aryl methyl sites for hydroxylation is 1. The zero-order valence-electron chi connectivity index (χ0n) is 9.49. The summed E-state index contributed by atoms with van der Waals surface area (Å²) in [5, 5.41) is 10.0. The van der Waals surface area contributed by atoms with Crippen molar-refractivity contribution in [2.45, 2.75) is 26.1 Å². The third-order valence-electron chi connectivity index (χ3n) is 2.62. The van der Waals surface area contributed by atoms with Crippen LogP contribution in [-0.4, -0.2) is 10.2 Å². The fraction of sp³-hybridized carbons (Fsp3) is 0.333. The van der Waals surface area contributed by atoms with E-state index >= 15 is 0 Å². The molecule has 0 bridgehead atoms. The van der Waals surface area contributed by atoms with E-state index in [0.29, 0.717) is 0 Å². The van der Waals surface area contributed by atoms with Crippen molar-refractivity contribution in [3.63, 3.8) is 0 Å². The van der Waals surface area contributed by atoms with E-state index in [9.17, 15) is 0 Å². The summed E-state index contributed by atoms with van der Waals surface area (Å²) in [6.07, 6.45) is 0. The van der Waals surface area contributed by atoms with E-state index in [-0.39, 0.29) is 5.38 Å². The van der Waals surface area contributed by atoms with E-state index in [1.54, 1.807) is 11.3 Å². The summed E-state index contributed by atoms with van der Waals surface area (Å²) in [4.78, 5) is 0. The molecular weight excluding hydrogens is 240 g/mol. The number of hydrogen-bond donors (Lipinski definition) is 0. The third-order valence-corrected chi connectivity index (χ3v) is 4.09. The Morgan fingerprint density at radius 1 is 1.25 bits per heavy atom. The van der Waals surface area contributed by atoms with E-state index in [0.717, 1.165) is 15.6 Å². The number of benzene rings is 1. The molecule has 1 heterocycles. The quantitative estimate of drug-likeness (QED) is 0.752. The lowest BCUT2D eigenvalue weighted by Crippen LogP contribution is -1.86. The maximum atomic E-state index is 5.98. The lowest BCUT2D eigenvalue weighted by Gasteiger charge is -2.04. The van der Waals surface area contributed by atoms with Gasteiger partial charge in [-0.3, -0.25) is 0 Å². The second-order valence-electron chi connectivity index (χ2n) is 3.81. The number of nitrogens with zero attached hydrogens (tertiary/aromatic N) is 2. The van der Waals surface area contributed by atoms with Gasteiger partial charge in [0.05, 0.1) is 5.38 Å². The van der Waals surface area contributed by atoms with Crippen molar-refractivity contribution >= 4 is 22.9 Å². The van der Waals surface area contributed by atoms with Crippen molar-refractivity contribution in [2.75, 3.05) is 0 Å². The van der Waals surface area contributed by atoms with Gasteiger partial charge >= 0.3 is 0 Å². The fourth-order valence-electron chi connectivity index (χ4n) is 1.49. The number of aromatic nitrogens is 2. The summed E-state index contributed by atoms with van der Waals surface area (Å²) < 4.78 is 0. The first-order valence-corrected chi connectivity index (χ1v) is 6.39. The summed E-state index contributed by atoms with van der Waals surface area (Å²) in [5.41, 5.74) is 3.68. The SMILES string of the molecule is Cc1cccc(-c2nnc(C(C)Cl)s2)c1C. The molecule has 0 saturated carbocycles. The number of alkyl halides is 1. The molecule has 1 atom stereocenters. The summed E-state index contributed by atoms with van der Waals surface area (Å²) in [6.45, 7) is 6.12. The van der Waals surface area contributed by atoms with Gasteiger partial charge in [-0.2, -0.15) is 0 Å². The Balaban J connectivity index is 2.47. The van der Waals surface area contributed by atoms with Crippen molar-refractivity contribution in [3.05, 3.63) is 34.3 Å². The monoisotopic (exact) mass is 252 g/mol. The molecule has 1 aromatic carbocycles. The van der Waals surface area contributed by atoms with E-state index in [2.05, 4.69) is 36.2 Å². The van der Waals surface area contributed by atoms with Crippen LogP contribution < -0.4 is 0 Å². The minimum absolute atomic E-state index is 0.0728. The smallest absolute Gasteiger partial charge is 0.142 e. The first-order chi connectivity index (χ1) is 7.59. The molecule has 0 amide bonds. The van der Waals surface area contributed by atoms with Crippen LogP contribution in [-0.2, 0) is 0 Å². The van der Waals surface area contributed by atoms with Crippen molar-refractivity contribution in [1.29, 1.82) is 0 Å². The molecule has 0 fully saturated rings. The molecule has 2 aromatic rings. The number of hydrogen-bond acceptors (Lipinski definition) is 3. The van der Waals surface area contributed by atoms with Gasteiger partial charge < -0.3 is 0 Å². The highest BCUT2D eigenvalue weighted by Gasteiger charge is 2.12. The van der Waals surface area contributed by atoms with Crippen LogP contribution >= 0.6 is 22.9 Å². The van der Waals surface area contributed by atoms with Crippen LogP contribution in [0.4, 0.5) is 0 Å². The van der Waals surface area contributed by atoms with Gasteiger partial charge in [0.15, 0.2) is 0 Å². The van der Waals surface area contributed by atoms with Crippen LogP contribution in [0.3, 0.4) is 0 Å². The molecule has 0 saturated heterocycles. The Kier molecular flexibility index (Phi) is 3.26. The molecule has 0 radical (unpaired) electrons.